The van der Waals surface area contributed by atoms with Crippen LogP contribution in [0, 0.1) is 11.6 Å². The minimum Gasteiger partial charge on any atom is -0.391 e. The number of aliphatic hydroxyl groups is 1. The zero-order chi connectivity index (χ0) is 20.4. The zero-order valence-corrected chi connectivity index (χ0v) is 15.7. The topological polar surface area (TPSA) is 64.9 Å². The van der Waals surface area contributed by atoms with Crippen molar-refractivity contribution in [1.82, 2.24) is 4.90 Å². The maximum Gasteiger partial charge on any atom is 0.246 e. The smallest absolute Gasteiger partial charge is 0.246 e. The van der Waals surface area contributed by atoms with Crippen molar-refractivity contribution in [2.75, 3.05) is 18.4 Å². The van der Waals surface area contributed by atoms with Crippen LogP contribution in [0.1, 0.15) is 23.1 Å². The molecule has 1 fully saturated rings. The number of aliphatic imine (C=N–C) groups is 1. The monoisotopic (exact) mass is 397 g/mol. The van der Waals surface area contributed by atoms with Crippen molar-refractivity contribution in [2.24, 2.45) is 4.99 Å². The van der Waals surface area contributed by atoms with E-state index >= 15 is 0 Å². The Morgan fingerprint density at radius 3 is 2.76 bits per heavy atom. The third kappa shape index (κ3) is 4.51. The number of carbonyl (C=O) groups excluding carboxylic acids is 1. The van der Waals surface area contributed by atoms with Crippen LogP contribution in [-0.2, 0) is 17.9 Å². The average molecular weight is 397 g/mol. The molecule has 2 N–H and O–H groups in total. The number of allylic oxidation sites excluding steroid dienone is 1. The van der Waals surface area contributed by atoms with Gasteiger partial charge >= 0.3 is 0 Å². The van der Waals surface area contributed by atoms with E-state index in [1.165, 1.54) is 18.2 Å². The molecule has 0 radical (unpaired) electrons. The van der Waals surface area contributed by atoms with Gasteiger partial charge in [0, 0.05) is 43.0 Å². The van der Waals surface area contributed by atoms with Gasteiger partial charge in [0.25, 0.3) is 0 Å². The molecular weight excluding hydrogens is 376 g/mol. The van der Waals surface area contributed by atoms with Crippen LogP contribution < -0.4 is 5.32 Å². The molecule has 2 aliphatic heterocycles. The third-order valence-corrected chi connectivity index (χ3v) is 5.08. The molecule has 0 aliphatic carbocycles. The summed E-state index contributed by atoms with van der Waals surface area (Å²) in [7, 11) is 0. The van der Waals surface area contributed by atoms with Crippen molar-refractivity contribution in [3.8, 4) is 0 Å². The number of fused-ring (bicyclic) bond motifs is 1. The number of carbonyl (C=O) groups is 1. The van der Waals surface area contributed by atoms with E-state index in [0.717, 1.165) is 22.9 Å². The number of amides is 1. The molecule has 150 valence electrons. The molecule has 1 saturated heterocycles. The molecule has 29 heavy (non-hydrogen) atoms. The van der Waals surface area contributed by atoms with E-state index in [1.54, 1.807) is 11.0 Å². The fraction of sp³-hybridized carbons (Fsp3) is 0.273. The summed E-state index contributed by atoms with van der Waals surface area (Å²) in [5, 5.41) is 12.7. The molecule has 0 unspecified atom stereocenters. The van der Waals surface area contributed by atoms with Crippen molar-refractivity contribution < 1.29 is 18.7 Å². The lowest BCUT2D eigenvalue weighted by atomic mass is 10.0. The minimum atomic E-state index is -0.606. The third-order valence-electron chi connectivity index (χ3n) is 5.08. The summed E-state index contributed by atoms with van der Waals surface area (Å²) < 4.78 is 26.7. The Balaban J connectivity index is 1.43. The van der Waals surface area contributed by atoms with Gasteiger partial charge < -0.3 is 15.3 Å². The first kappa shape index (κ1) is 19.3. The first-order valence-corrected chi connectivity index (χ1v) is 9.49. The second-order valence-electron chi connectivity index (χ2n) is 7.26. The Bertz CT molecular complexity index is 983. The van der Waals surface area contributed by atoms with Gasteiger partial charge in [-0.25, -0.2) is 8.78 Å². The van der Waals surface area contributed by atoms with E-state index in [-0.39, 0.29) is 12.5 Å². The molecule has 5 nitrogen and oxygen atoms in total. The number of nitrogens with one attached hydrogen (secondary N) is 1. The fourth-order valence-corrected chi connectivity index (χ4v) is 3.58. The van der Waals surface area contributed by atoms with Gasteiger partial charge in [0.1, 0.15) is 11.6 Å². The van der Waals surface area contributed by atoms with Crippen molar-refractivity contribution in [1.29, 1.82) is 0 Å². The molecule has 0 spiro atoms. The van der Waals surface area contributed by atoms with Gasteiger partial charge in [-0.2, -0.15) is 0 Å². The van der Waals surface area contributed by atoms with E-state index in [9.17, 15) is 18.7 Å². The lowest BCUT2D eigenvalue weighted by Gasteiger charge is -2.12. The molecule has 2 heterocycles. The highest BCUT2D eigenvalue weighted by Crippen LogP contribution is 2.24. The highest BCUT2D eigenvalue weighted by molar-refractivity contribution is 6.13. The van der Waals surface area contributed by atoms with E-state index in [4.69, 9.17) is 0 Å². The molecular formula is C22H21F2N3O2. The van der Waals surface area contributed by atoms with Crippen LogP contribution in [0.25, 0.3) is 0 Å². The Kier molecular flexibility index (Phi) is 5.40. The number of nitrogens with zero attached hydrogens (tertiary/aromatic N) is 2. The fourth-order valence-electron chi connectivity index (χ4n) is 3.58. The number of β-amino-alcohol motifs (C(OH)–C–C–N with tert-alkyl or cyclic N) is 1. The number of halogens is 2. The second-order valence-corrected chi connectivity index (χ2v) is 7.26. The van der Waals surface area contributed by atoms with Crippen molar-refractivity contribution in [3.63, 3.8) is 0 Å². The largest absolute Gasteiger partial charge is 0.391 e. The molecule has 2 aromatic rings. The van der Waals surface area contributed by atoms with E-state index in [0.29, 0.717) is 37.3 Å². The normalized spacial score (nSPS) is 18.2. The van der Waals surface area contributed by atoms with E-state index < -0.39 is 17.7 Å². The molecule has 4 rings (SSSR count). The Labute approximate surface area is 167 Å². The number of anilines is 1. The van der Waals surface area contributed by atoms with E-state index in [1.807, 2.05) is 18.2 Å². The van der Waals surface area contributed by atoms with Crippen LogP contribution in [0.2, 0.25) is 0 Å². The number of aliphatic hydroxyl groups excluding tert-OH is 1. The summed E-state index contributed by atoms with van der Waals surface area (Å²) in [6, 6.07) is 9.20. The summed E-state index contributed by atoms with van der Waals surface area (Å²) in [6.07, 6.45) is 3.34. The summed E-state index contributed by atoms with van der Waals surface area (Å²) in [5.41, 5.74) is 4.00. The summed E-state index contributed by atoms with van der Waals surface area (Å²) >= 11 is 0. The summed E-state index contributed by atoms with van der Waals surface area (Å²) in [4.78, 5) is 18.3. The Hall–Kier alpha value is -3.06. The lowest BCUT2D eigenvalue weighted by Crippen LogP contribution is -2.27. The number of benzene rings is 2. The van der Waals surface area contributed by atoms with Gasteiger partial charge in [0.05, 0.1) is 18.4 Å². The van der Waals surface area contributed by atoms with Crippen LogP contribution in [0.4, 0.5) is 14.5 Å². The van der Waals surface area contributed by atoms with Gasteiger partial charge in [-0.1, -0.05) is 6.07 Å². The van der Waals surface area contributed by atoms with Crippen LogP contribution in [0.15, 0.2) is 53.5 Å². The Morgan fingerprint density at radius 1 is 1.24 bits per heavy atom. The van der Waals surface area contributed by atoms with Gasteiger partial charge in [0.2, 0.25) is 5.91 Å². The molecule has 7 heteroatoms. The number of likely N-dealkylation sites (tertiary alicyclic amines) is 1. The van der Waals surface area contributed by atoms with Crippen LogP contribution in [0.3, 0.4) is 0 Å². The van der Waals surface area contributed by atoms with Crippen molar-refractivity contribution in [2.45, 2.75) is 25.6 Å². The van der Waals surface area contributed by atoms with Crippen LogP contribution in [0.5, 0.6) is 0 Å². The highest BCUT2D eigenvalue weighted by atomic mass is 19.1. The number of hydrogen-bond acceptors (Lipinski definition) is 4. The SMILES string of the molecule is O=C(/C=C/C1=NCc2ccc(NCc3cc(F)cc(F)c3)cc21)N1CC[C@H](O)C1. The van der Waals surface area contributed by atoms with Gasteiger partial charge in [-0.05, 0) is 47.9 Å². The standard InChI is InChI=1S/C22H21F2N3O2/c23-16-7-14(8-17(24)9-16)11-25-18-2-1-15-12-26-21(20(15)10-18)3-4-22(29)27-6-5-19(28)13-27/h1-4,7-10,19,25,28H,5-6,11-13H2/b4-3+/t19-/m0/s1. The Morgan fingerprint density at radius 2 is 2.03 bits per heavy atom. The zero-order valence-electron chi connectivity index (χ0n) is 15.7. The molecule has 0 saturated carbocycles. The lowest BCUT2D eigenvalue weighted by molar-refractivity contribution is -0.125. The predicted octanol–water partition coefficient (Wildman–Crippen LogP) is 3.03. The first-order valence-electron chi connectivity index (χ1n) is 9.49. The average Bonchev–Trinajstić information content (AvgIpc) is 3.29. The molecule has 2 aromatic carbocycles. The highest BCUT2D eigenvalue weighted by Gasteiger charge is 2.23. The molecule has 1 atom stereocenters. The number of rotatable bonds is 5. The van der Waals surface area contributed by atoms with Crippen LogP contribution >= 0.6 is 0 Å². The maximum atomic E-state index is 13.3. The molecule has 2 aliphatic rings. The van der Waals surface area contributed by atoms with Gasteiger partial charge in [-0.15, -0.1) is 0 Å². The second kappa shape index (κ2) is 8.13. The molecule has 1 amide bonds. The first-order chi connectivity index (χ1) is 14.0. The van der Waals surface area contributed by atoms with Crippen LogP contribution in [-0.4, -0.2) is 40.8 Å². The predicted molar refractivity (Wildman–Crippen MR) is 107 cm³/mol. The quantitative estimate of drug-likeness (QED) is 0.763. The van der Waals surface area contributed by atoms with E-state index in [2.05, 4.69) is 10.3 Å². The van der Waals surface area contributed by atoms with Gasteiger partial charge in [0.15, 0.2) is 0 Å². The summed E-state index contributed by atoms with van der Waals surface area (Å²) in [6.45, 7) is 1.75. The minimum absolute atomic E-state index is 0.139. The molecule has 0 bridgehead atoms. The maximum absolute atomic E-state index is 13.3. The van der Waals surface area contributed by atoms with Crippen molar-refractivity contribution in [3.05, 3.63) is 76.9 Å². The van der Waals surface area contributed by atoms with Crippen molar-refractivity contribution >= 4 is 17.3 Å². The molecule has 0 aromatic heterocycles. The van der Waals surface area contributed by atoms with Gasteiger partial charge in [-0.3, -0.25) is 9.79 Å². The summed E-state index contributed by atoms with van der Waals surface area (Å²) in [5.74, 6) is -1.35. The number of hydrogen-bond donors (Lipinski definition) is 2.